The SMILES string of the molecule is CC1(NC(=O)/C=C/c2ccc(OCc3ccccn3)cc2)CCS(=O)(=O)C1. The molecule has 1 aromatic carbocycles. The van der Waals surface area contributed by atoms with E-state index in [0.717, 1.165) is 11.3 Å². The molecule has 1 fully saturated rings. The number of benzene rings is 1. The highest BCUT2D eigenvalue weighted by Gasteiger charge is 2.39. The van der Waals surface area contributed by atoms with Gasteiger partial charge in [-0.15, -0.1) is 0 Å². The van der Waals surface area contributed by atoms with Crippen molar-refractivity contribution in [2.75, 3.05) is 11.5 Å². The number of nitrogens with one attached hydrogen (secondary N) is 1. The fourth-order valence-corrected chi connectivity index (χ4v) is 5.03. The number of pyridine rings is 1. The van der Waals surface area contributed by atoms with Gasteiger partial charge in [-0.05, 0) is 49.2 Å². The standard InChI is InChI=1S/C20H22N2O4S/c1-20(11-13-27(24,25)15-20)22-19(23)10-7-16-5-8-18(9-6-16)26-14-17-4-2-3-12-21-17/h2-10,12H,11,13-15H2,1H3,(H,22,23)/b10-7+. The number of nitrogens with zero attached hydrogens (tertiary/aromatic N) is 1. The van der Waals surface area contributed by atoms with Crippen LogP contribution in [0.15, 0.2) is 54.7 Å². The van der Waals surface area contributed by atoms with Crippen LogP contribution in [0.4, 0.5) is 0 Å². The Morgan fingerprint density at radius 3 is 2.67 bits per heavy atom. The molecule has 1 aliphatic heterocycles. The number of carbonyl (C=O) groups is 1. The van der Waals surface area contributed by atoms with Gasteiger partial charge in [0.05, 0.1) is 22.7 Å². The van der Waals surface area contributed by atoms with E-state index in [0.29, 0.717) is 18.8 Å². The van der Waals surface area contributed by atoms with Crippen molar-refractivity contribution in [3.05, 3.63) is 66.0 Å². The van der Waals surface area contributed by atoms with Crippen LogP contribution in [-0.4, -0.2) is 36.4 Å². The van der Waals surface area contributed by atoms with Crippen LogP contribution in [0.5, 0.6) is 5.75 Å². The molecular weight excluding hydrogens is 364 g/mol. The molecule has 0 aliphatic carbocycles. The van der Waals surface area contributed by atoms with E-state index in [-0.39, 0.29) is 17.4 Å². The van der Waals surface area contributed by atoms with Crippen LogP contribution < -0.4 is 10.1 Å². The minimum absolute atomic E-state index is 0.0120. The number of rotatable bonds is 6. The van der Waals surface area contributed by atoms with Gasteiger partial charge in [0.2, 0.25) is 5.91 Å². The van der Waals surface area contributed by atoms with Gasteiger partial charge < -0.3 is 10.1 Å². The maximum Gasteiger partial charge on any atom is 0.244 e. The monoisotopic (exact) mass is 386 g/mol. The van der Waals surface area contributed by atoms with Gasteiger partial charge in [0.15, 0.2) is 9.84 Å². The van der Waals surface area contributed by atoms with Gasteiger partial charge in [-0.25, -0.2) is 8.42 Å². The molecule has 0 bridgehead atoms. The summed E-state index contributed by atoms with van der Waals surface area (Å²) in [6, 6.07) is 13.0. The van der Waals surface area contributed by atoms with Crippen molar-refractivity contribution in [1.82, 2.24) is 10.3 Å². The number of ether oxygens (including phenoxy) is 1. The van der Waals surface area contributed by atoms with Crippen molar-refractivity contribution in [1.29, 1.82) is 0 Å². The van der Waals surface area contributed by atoms with E-state index in [1.54, 1.807) is 19.2 Å². The molecule has 2 heterocycles. The molecule has 27 heavy (non-hydrogen) atoms. The van der Waals surface area contributed by atoms with Crippen molar-refractivity contribution in [3.8, 4) is 5.75 Å². The predicted octanol–water partition coefficient (Wildman–Crippen LogP) is 2.37. The minimum atomic E-state index is -3.05. The molecule has 1 unspecified atom stereocenters. The summed E-state index contributed by atoms with van der Waals surface area (Å²) in [5.74, 6) is 0.519. The second-order valence-electron chi connectivity index (χ2n) is 6.90. The fraction of sp³-hybridized carbons (Fsp3) is 0.300. The molecule has 1 aliphatic rings. The van der Waals surface area contributed by atoms with Gasteiger partial charge >= 0.3 is 0 Å². The Morgan fingerprint density at radius 2 is 2.04 bits per heavy atom. The van der Waals surface area contributed by atoms with E-state index in [1.807, 2.05) is 42.5 Å². The van der Waals surface area contributed by atoms with Gasteiger partial charge in [0.25, 0.3) is 0 Å². The average molecular weight is 386 g/mol. The maximum absolute atomic E-state index is 12.1. The molecule has 0 spiro atoms. The van der Waals surface area contributed by atoms with Crippen LogP contribution in [0.2, 0.25) is 0 Å². The first-order valence-corrected chi connectivity index (χ1v) is 10.5. The molecule has 1 amide bonds. The number of hydrogen-bond acceptors (Lipinski definition) is 5. The topological polar surface area (TPSA) is 85.4 Å². The molecule has 1 saturated heterocycles. The quantitative estimate of drug-likeness (QED) is 0.771. The second kappa shape index (κ2) is 7.92. The highest BCUT2D eigenvalue weighted by Crippen LogP contribution is 2.22. The lowest BCUT2D eigenvalue weighted by atomic mass is 10.0. The Bertz CT molecular complexity index is 924. The van der Waals surface area contributed by atoms with E-state index in [2.05, 4.69) is 10.3 Å². The number of sulfone groups is 1. The first kappa shape index (κ1) is 19.1. The van der Waals surface area contributed by atoms with E-state index in [9.17, 15) is 13.2 Å². The zero-order valence-corrected chi connectivity index (χ0v) is 15.9. The molecule has 1 atom stereocenters. The molecular formula is C20H22N2O4S. The number of hydrogen-bond donors (Lipinski definition) is 1. The van der Waals surface area contributed by atoms with Gasteiger partial charge in [-0.2, -0.15) is 0 Å². The third-order valence-electron chi connectivity index (χ3n) is 4.35. The van der Waals surface area contributed by atoms with Gasteiger partial charge in [0, 0.05) is 12.3 Å². The lowest BCUT2D eigenvalue weighted by molar-refractivity contribution is -0.117. The predicted molar refractivity (Wildman–Crippen MR) is 104 cm³/mol. The fourth-order valence-electron chi connectivity index (χ4n) is 2.94. The second-order valence-corrected chi connectivity index (χ2v) is 9.09. The summed E-state index contributed by atoms with van der Waals surface area (Å²) in [7, 11) is -3.05. The van der Waals surface area contributed by atoms with Gasteiger partial charge in [-0.3, -0.25) is 9.78 Å². The Morgan fingerprint density at radius 1 is 1.26 bits per heavy atom. The Kier molecular flexibility index (Phi) is 5.60. The Labute approximate surface area is 159 Å². The van der Waals surface area contributed by atoms with Crippen LogP contribution in [0, 0.1) is 0 Å². The summed E-state index contributed by atoms with van der Waals surface area (Å²) >= 11 is 0. The third kappa shape index (κ3) is 5.65. The molecule has 6 nitrogen and oxygen atoms in total. The smallest absolute Gasteiger partial charge is 0.244 e. The Balaban J connectivity index is 1.52. The average Bonchev–Trinajstić information content (AvgIpc) is 2.92. The maximum atomic E-state index is 12.1. The van der Waals surface area contributed by atoms with Crippen LogP contribution in [0.1, 0.15) is 24.6 Å². The van der Waals surface area contributed by atoms with Crippen LogP contribution in [0.25, 0.3) is 6.08 Å². The molecule has 2 aromatic rings. The lowest BCUT2D eigenvalue weighted by Crippen LogP contribution is -2.46. The van der Waals surface area contributed by atoms with E-state index >= 15 is 0 Å². The summed E-state index contributed by atoms with van der Waals surface area (Å²) < 4.78 is 28.9. The van der Waals surface area contributed by atoms with Crippen molar-refractivity contribution in [2.24, 2.45) is 0 Å². The summed E-state index contributed by atoms with van der Waals surface area (Å²) in [4.78, 5) is 16.3. The molecule has 1 aromatic heterocycles. The zero-order valence-electron chi connectivity index (χ0n) is 15.1. The number of amides is 1. The van der Waals surface area contributed by atoms with E-state index in [4.69, 9.17) is 4.74 Å². The lowest BCUT2D eigenvalue weighted by Gasteiger charge is -2.22. The van der Waals surface area contributed by atoms with Crippen molar-refractivity contribution in [3.63, 3.8) is 0 Å². The summed E-state index contributed by atoms with van der Waals surface area (Å²) in [5, 5.41) is 2.79. The highest BCUT2D eigenvalue weighted by atomic mass is 32.2. The number of carbonyl (C=O) groups excluding carboxylic acids is 1. The van der Waals surface area contributed by atoms with E-state index in [1.165, 1.54) is 6.08 Å². The summed E-state index contributed by atoms with van der Waals surface area (Å²) in [6.07, 6.45) is 5.26. The molecule has 142 valence electrons. The first-order valence-electron chi connectivity index (χ1n) is 8.67. The van der Waals surface area contributed by atoms with Crippen molar-refractivity contribution < 1.29 is 17.9 Å². The summed E-state index contributed by atoms with van der Waals surface area (Å²) in [5.41, 5.74) is 1.00. The highest BCUT2D eigenvalue weighted by molar-refractivity contribution is 7.91. The third-order valence-corrected chi connectivity index (χ3v) is 6.25. The molecule has 1 N–H and O–H groups in total. The van der Waals surface area contributed by atoms with Crippen LogP contribution in [0.3, 0.4) is 0 Å². The van der Waals surface area contributed by atoms with Gasteiger partial charge in [0.1, 0.15) is 12.4 Å². The summed E-state index contributed by atoms with van der Waals surface area (Å²) in [6.45, 7) is 2.15. The number of aromatic nitrogens is 1. The Hall–Kier alpha value is -2.67. The first-order chi connectivity index (χ1) is 12.8. The van der Waals surface area contributed by atoms with Gasteiger partial charge in [-0.1, -0.05) is 18.2 Å². The normalized spacial score (nSPS) is 21.2. The molecule has 0 saturated carbocycles. The molecule has 3 rings (SSSR count). The molecule has 0 radical (unpaired) electrons. The van der Waals surface area contributed by atoms with Crippen LogP contribution >= 0.6 is 0 Å². The van der Waals surface area contributed by atoms with Crippen molar-refractivity contribution in [2.45, 2.75) is 25.5 Å². The van der Waals surface area contributed by atoms with Crippen molar-refractivity contribution >= 4 is 21.8 Å². The minimum Gasteiger partial charge on any atom is -0.487 e. The zero-order chi connectivity index (χ0) is 19.3. The largest absolute Gasteiger partial charge is 0.487 e. The molecule has 7 heteroatoms. The van der Waals surface area contributed by atoms with E-state index < -0.39 is 15.4 Å². The van der Waals surface area contributed by atoms with Crippen LogP contribution in [-0.2, 0) is 21.2 Å².